The average Bonchev–Trinajstić information content (AvgIpc) is 2.84. The molecule has 0 unspecified atom stereocenters. The Labute approximate surface area is 111 Å². The molecule has 96 valence electrons. The molecule has 3 rings (SSSR count). The van der Waals surface area contributed by atoms with Crippen LogP contribution in [0.5, 0.6) is 5.75 Å². The molecule has 0 saturated heterocycles. The molecule has 19 heavy (non-hydrogen) atoms. The summed E-state index contributed by atoms with van der Waals surface area (Å²) < 4.78 is 5.26. The van der Waals surface area contributed by atoms with Crippen LogP contribution >= 0.6 is 0 Å². The minimum Gasteiger partial charge on any atom is -0.497 e. The number of carbonyl (C=O) groups is 1. The van der Waals surface area contributed by atoms with Crippen molar-refractivity contribution in [3.63, 3.8) is 0 Å². The van der Waals surface area contributed by atoms with Crippen LogP contribution in [0.1, 0.15) is 5.56 Å². The molecule has 0 fully saturated rings. The second-order valence-electron chi connectivity index (χ2n) is 4.49. The number of hydrogen-bond acceptors (Lipinski definition) is 3. The van der Waals surface area contributed by atoms with Crippen molar-refractivity contribution in [3.05, 3.63) is 42.0 Å². The van der Waals surface area contributed by atoms with E-state index in [1.807, 2.05) is 24.3 Å². The van der Waals surface area contributed by atoms with Gasteiger partial charge in [0.1, 0.15) is 18.1 Å². The van der Waals surface area contributed by atoms with Gasteiger partial charge in [-0.2, -0.15) is 0 Å². The predicted molar refractivity (Wildman–Crippen MR) is 74.6 cm³/mol. The molecule has 4 heteroatoms. The molecule has 0 atom stereocenters. The standard InChI is InChI=1S/C15H14N2O2/c1-19-12-6-5-10-3-2-4-11(13(10)8-12)7-14-16-9-15(18)17-14/h2-6,8H,7,9H2,1H3,(H,16,17,18). The van der Waals surface area contributed by atoms with E-state index in [0.29, 0.717) is 6.42 Å². The molecule has 1 amide bonds. The zero-order valence-corrected chi connectivity index (χ0v) is 10.6. The van der Waals surface area contributed by atoms with E-state index in [4.69, 9.17) is 4.74 Å². The summed E-state index contributed by atoms with van der Waals surface area (Å²) in [5, 5.41) is 5.06. The van der Waals surface area contributed by atoms with Gasteiger partial charge in [-0.05, 0) is 28.5 Å². The summed E-state index contributed by atoms with van der Waals surface area (Å²) in [6.45, 7) is 0.240. The van der Waals surface area contributed by atoms with Crippen LogP contribution in [0.25, 0.3) is 10.8 Å². The molecule has 0 aliphatic carbocycles. The lowest BCUT2D eigenvalue weighted by Crippen LogP contribution is -2.26. The molecule has 1 heterocycles. The molecule has 2 aromatic rings. The number of benzene rings is 2. The number of amidine groups is 1. The summed E-state index contributed by atoms with van der Waals surface area (Å²) in [6.07, 6.45) is 0.635. The fourth-order valence-electron chi connectivity index (χ4n) is 2.29. The highest BCUT2D eigenvalue weighted by atomic mass is 16.5. The monoisotopic (exact) mass is 254 g/mol. The van der Waals surface area contributed by atoms with Gasteiger partial charge in [0.05, 0.1) is 7.11 Å². The quantitative estimate of drug-likeness (QED) is 0.909. The topological polar surface area (TPSA) is 50.7 Å². The first-order valence-electron chi connectivity index (χ1n) is 6.15. The van der Waals surface area contributed by atoms with Crippen LogP contribution in [0, 0.1) is 0 Å². The van der Waals surface area contributed by atoms with Gasteiger partial charge in [-0.25, -0.2) is 0 Å². The van der Waals surface area contributed by atoms with Crippen molar-refractivity contribution in [1.29, 1.82) is 0 Å². The van der Waals surface area contributed by atoms with Crippen molar-refractivity contribution < 1.29 is 9.53 Å². The molecule has 1 aliphatic rings. The van der Waals surface area contributed by atoms with E-state index in [9.17, 15) is 4.79 Å². The van der Waals surface area contributed by atoms with Crippen LogP contribution in [0.4, 0.5) is 0 Å². The van der Waals surface area contributed by atoms with Crippen molar-refractivity contribution in [1.82, 2.24) is 5.32 Å². The molecule has 0 bridgehead atoms. The third-order valence-corrected chi connectivity index (χ3v) is 3.23. The maximum absolute atomic E-state index is 11.2. The predicted octanol–water partition coefficient (Wildman–Crippen LogP) is 1.92. The van der Waals surface area contributed by atoms with E-state index in [2.05, 4.69) is 22.4 Å². The maximum Gasteiger partial charge on any atom is 0.247 e. The number of hydrogen-bond donors (Lipinski definition) is 1. The van der Waals surface area contributed by atoms with E-state index in [-0.39, 0.29) is 12.5 Å². The Kier molecular flexibility index (Phi) is 2.91. The minimum atomic E-state index is -0.0344. The Morgan fingerprint density at radius 2 is 2.21 bits per heavy atom. The lowest BCUT2D eigenvalue weighted by Gasteiger charge is -2.08. The summed E-state index contributed by atoms with van der Waals surface area (Å²) in [6, 6.07) is 12.1. The molecule has 0 radical (unpaired) electrons. The molecule has 0 aromatic heterocycles. The summed E-state index contributed by atoms with van der Waals surface area (Å²) >= 11 is 0. The van der Waals surface area contributed by atoms with E-state index < -0.39 is 0 Å². The van der Waals surface area contributed by atoms with Crippen LogP contribution in [0.2, 0.25) is 0 Å². The van der Waals surface area contributed by atoms with Crippen LogP contribution < -0.4 is 10.1 Å². The van der Waals surface area contributed by atoms with Crippen molar-refractivity contribution in [2.75, 3.05) is 13.7 Å². The smallest absolute Gasteiger partial charge is 0.247 e. The Hall–Kier alpha value is -2.36. The van der Waals surface area contributed by atoms with Gasteiger partial charge in [0.15, 0.2) is 0 Å². The third-order valence-electron chi connectivity index (χ3n) is 3.23. The van der Waals surface area contributed by atoms with Gasteiger partial charge in [-0.15, -0.1) is 0 Å². The molecule has 1 N–H and O–H groups in total. The molecular weight excluding hydrogens is 240 g/mol. The zero-order chi connectivity index (χ0) is 13.2. The number of amides is 1. The number of fused-ring (bicyclic) bond motifs is 1. The Balaban J connectivity index is 2.00. The molecule has 0 spiro atoms. The number of rotatable bonds is 3. The second-order valence-corrected chi connectivity index (χ2v) is 4.49. The lowest BCUT2D eigenvalue weighted by atomic mass is 10.0. The molecule has 4 nitrogen and oxygen atoms in total. The SMILES string of the molecule is COc1ccc2cccc(CC3=NCC(=O)N3)c2c1. The molecular formula is C15H14N2O2. The summed E-state index contributed by atoms with van der Waals surface area (Å²) in [7, 11) is 1.66. The normalized spacial score (nSPS) is 14.4. The Morgan fingerprint density at radius 1 is 1.32 bits per heavy atom. The number of aliphatic imine (C=N–C) groups is 1. The first kappa shape index (κ1) is 11.7. The lowest BCUT2D eigenvalue weighted by molar-refractivity contribution is -0.117. The highest BCUT2D eigenvalue weighted by Gasteiger charge is 2.14. The summed E-state index contributed by atoms with van der Waals surface area (Å²) in [5.41, 5.74) is 1.14. The maximum atomic E-state index is 11.2. The van der Waals surface area contributed by atoms with E-state index >= 15 is 0 Å². The van der Waals surface area contributed by atoms with Crippen molar-refractivity contribution in [2.45, 2.75) is 6.42 Å². The van der Waals surface area contributed by atoms with Crippen LogP contribution in [-0.4, -0.2) is 25.4 Å². The molecule has 2 aromatic carbocycles. The van der Waals surface area contributed by atoms with E-state index in [1.165, 1.54) is 0 Å². The van der Waals surface area contributed by atoms with Gasteiger partial charge in [-0.1, -0.05) is 24.3 Å². The Morgan fingerprint density at radius 3 is 2.95 bits per heavy atom. The van der Waals surface area contributed by atoms with Gasteiger partial charge in [0.2, 0.25) is 5.91 Å². The van der Waals surface area contributed by atoms with Gasteiger partial charge in [-0.3, -0.25) is 9.79 Å². The number of nitrogens with zero attached hydrogens (tertiary/aromatic N) is 1. The number of methoxy groups -OCH3 is 1. The second kappa shape index (κ2) is 4.72. The minimum absolute atomic E-state index is 0.0344. The van der Waals surface area contributed by atoms with E-state index in [0.717, 1.165) is 27.9 Å². The van der Waals surface area contributed by atoms with Crippen LogP contribution in [0.3, 0.4) is 0 Å². The largest absolute Gasteiger partial charge is 0.497 e. The number of nitrogens with one attached hydrogen (secondary N) is 1. The number of ether oxygens (including phenoxy) is 1. The average molecular weight is 254 g/mol. The fraction of sp³-hybridized carbons (Fsp3) is 0.200. The van der Waals surface area contributed by atoms with Crippen LogP contribution in [0.15, 0.2) is 41.4 Å². The van der Waals surface area contributed by atoms with Gasteiger partial charge in [0, 0.05) is 6.42 Å². The van der Waals surface area contributed by atoms with Gasteiger partial charge in [0.25, 0.3) is 0 Å². The van der Waals surface area contributed by atoms with Crippen molar-refractivity contribution in [2.24, 2.45) is 4.99 Å². The molecule has 1 aliphatic heterocycles. The molecule has 0 saturated carbocycles. The summed E-state index contributed by atoms with van der Waals surface area (Å²) in [5.74, 6) is 1.53. The highest BCUT2D eigenvalue weighted by Crippen LogP contribution is 2.24. The first-order chi connectivity index (χ1) is 9.26. The third kappa shape index (κ3) is 2.29. The van der Waals surface area contributed by atoms with Crippen molar-refractivity contribution in [3.8, 4) is 5.75 Å². The Bertz CT molecular complexity index is 677. The van der Waals surface area contributed by atoms with E-state index in [1.54, 1.807) is 7.11 Å². The number of carbonyl (C=O) groups excluding carboxylic acids is 1. The summed E-state index contributed by atoms with van der Waals surface area (Å²) in [4.78, 5) is 15.3. The highest BCUT2D eigenvalue weighted by molar-refractivity contribution is 6.05. The van der Waals surface area contributed by atoms with Crippen molar-refractivity contribution >= 4 is 22.5 Å². The van der Waals surface area contributed by atoms with Gasteiger partial charge < -0.3 is 10.1 Å². The van der Waals surface area contributed by atoms with Crippen LogP contribution in [-0.2, 0) is 11.2 Å². The zero-order valence-electron chi connectivity index (χ0n) is 10.6. The van der Waals surface area contributed by atoms with Gasteiger partial charge >= 0.3 is 0 Å². The first-order valence-corrected chi connectivity index (χ1v) is 6.15. The fourth-order valence-corrected chi connectivity index (χ4v) is 2.29.